The summed E-state index contributed by atoms with van der Waals surface area (Å²) in [7, 11) is 0. The van der Waals surface area contributed by atoms with Gasteiger partial charge in [-0.2, -0.15) is 0 Å². The van der Waals surface area contributed by atoms with E-state index in [2.05, 4.69) is 26.1 Å². The molecule has 1 amide bonds. The topological polar surface area (TPSA) is 50.7 Å². The van der Waals surface area contributed by atoms with E-state index in [-0.39, 0.29) is 23.7 Å². The normalized spacial score (nSPS) is 15.2. The Morgan fingerprint density at radius 3 is 2.60 bits per heavy atom. The lowest BCUT2D eigenvalue weighted by Gasteiger charge is -2.33. The van der Waals surface area contributed by atoms with E-state index >= 15 is 0 Å². The molecule has 40 heavy (non-hydrogen) atoms. The number of aliphatic imine (C=N–C) groups is 1. The summed E-state index contributed by atoms with van der Waals surface area (Å²) in [6.07, 6.45) is 4.54. The van der Waals surface area contributed by atoms with Crippen molar-refractivity contribution in [2.45, 2.75) is 46.6 Å². The smallest absolute Gasteiger partial charge is 0.259 e. The van der Waals surface area contributed by atoms with Gasteiger partial charge in [-0.25, -0.2) is 9.38 Å². The number of fused-ring (bicyclic) bond motifs is 1. The Balaban J connectivity index is 1.46. The quantitative estimate of drug-likeness (QED) is 0.224. The third kappa shape index (κ3) is 6.62. The molecule has 4 nitrogen and oxygen atoms in total. The van der Waals surface area contributed by atoms with Gasteiger partial charge in [0.15, 0.2) is 0 Å². The van der Waals surface area contributed by atoms with Crippen LogP contribution >= 0.6 is 22.9 Å². The summed E-state index contributed by atoms with van der Waals surface area (Å²) >= 11 is 7.92. The van der Waals surface area contributed by atoms with Gasteiger partial charge in [-0.1, -0.05) is 62.7 Å². The summed E-state index contributed by atoms with van der Waals surface area (Å²) in [6.45, 7) is 7.12. The first-order chi connectivity index (χ1) is 19.2. The molecule has 0 aliphatic heterocycles. The molecule has 0 unspecified atom stereocenters. The number of para-hydroxylation sites is 1. The van der Waals surface area contributed by atoms with Crippen molar-refractivity contribution in [2.75, 3.05) is 5.32 Å². The van der Waals surface area contributed by atoms with E-state index in [0.29, 0.717) is 32.8 Å². The maximum absolute atomic E-state index is 13.6. The van der Waals surface area contributed by atoms with Gasteiger partial charge in [-0.3, -0.25) is 4.79 Å². The molecule has 4 aromatic rings. The van der Waals surface area contributed by atoms with Crippen molar-refractivity contribution in [1.29, 1.82) is 0 Å². The zero-order valence-corrected chi connectivity index (χ0v) is 24.4. The zero-order chi connectivity index (χ0) is 28.3. The Hall–Kier alpha value is -3.48. The Labute approximate surface area is 243 Å². The van der Waals surface area contributed by atoms with Gasteiger partial charge in [-0.15, -0.1) is 11.3 Å². The van der Waals surface area contributed by atoms with Gasteiger partial charge < -0.3 is 10.1 Å². The third-order valence-corrected chi connectivity index (χ3v) is 8.73. The van der Waals surface area contributed by atoms with Crippen LogP contribution in [0.15, 0.2) is 77.8 Å². The summed E-state index contributed by atoms with van der Waals surface area (Å²) in [5.41, 5.74) is 4.22. The summed E-state index contributed by atoms with van der Waals surface area (Å²) < 4.78 is 19.3. The van der Waals surface area contributed by atoms with E-state index in [9.17, 15) is 9.18 Å². The van der Waals surface area contributed by atoms with Crippen LogP contribution in [-0.4, -0.2) is 12.1 Å². The average Bonchev–Trinajstić information content (AvgIpc) is 3.30. The summed E-state index contributed by atoms with van der Waals surface area (Å²) in [5.74, 6) is 0.702. The number of benzene rings is 3. The summed E-state index contributed by atoms with van der Waals surface area (Å²) in [4.78, 5) is 19.7. The van der Waals surface area contributed by atoms with Crippen molar-refractivity contribution in [2.24, 2.45) is 16.3 Å². The number of amides is 1. The average molecular weight is 575 g/mol. The summed E-state index contributed by atoms with van der Waals surface area (Å²) in [6, 6.07) is 21.0. The molecular formula is C33H32ClFN2O2S. The third-order valence-electron chi connectivity index (χ3n) is 7.33. The number of carbonyl (C=O) groups excluding carboxylic acids is 1. The zero-order valence-electron chi connectivity index (χ0n) is 22.8. The highest BCUT2D eigenvalue weighted by Crippen LogP contribution is 2.45. The van der Waals surface area contributed by atoms with Crippen molar-refractivity contribution in [3.8, 4) is 5.75 Å². The predicted molar refractivity (Wildman–Crippen MR) is 163 cm³/mol. The molecule has 1 N–H and O–H groups in total. The molecule has 0 radical (unpaired) electrons. The fourth-order valence-corrected chi connectivity index (χ4v) is 6.42. The Bertz CT molecular complexity index is 1520. The molecule has 0 fully saturated rings. The van der Waals surface area contributed by atoms with E-state index < -0.39 is 0 Å². The fraction of sp³-hybridized carbons (Fsp3) is 0.273. The standard InChI is InChI=1S/C33H32ClFN2O2S/c1-33(2,3)23-11-15-27-29(18-23)40-32(30(27)31(38)37-26-7-5-4-6-8-26)36-19-22-17-24(34)12-16-28(22)39-20-21-9-13-25(35)14-10-21/h4-10,12-14,16-17,19,23H,11,15,18,20H2,1-3H3,(H,37,38)/t23-/m1/s1. The molecule has 0 saturated heterocycles. The Morgan fingerprint density at radius 1 is 1.12 bits per heavy atom. The van der Waals surface area contributed by atoms with Gasteiger partial charge in [0.1, 0.15) is 23.2 Å². The number of anilines is 1. The van der Waals surface area contributed by atoms with Gasteiger partial charge in [0.2, 0.25) is 0 Å². The van der Waals surface area contributed by atoms with Crippen molar-refractivity contribution in [1.82, 2.24) is 0 Å². The molecule has 1 heterocycles. The minimum atomic E-state index is -0.289. The van der Waals surface area contributed by atoms with Gasteiger partial charge in [0.25, 0.3) is 5.91 Å². The number of halogens is 2. The highest BCUT2D eigenvalue weighted by Gasteiger charge is 2.33. The first-order valence-electron chi connectivity index (χ1n) is 13.4. The maximum atomic E-state index is 13.6. The largest absolute Gasteiger partial charge is 0.488 e. The number of hydrogen-bond acceptors (Lipinski definition) is 4. The lowest BCUT2D eigenvalue weighted by molar-refractivity contribution is 0.102. The molecule has 1 atom stereocenters. The van der Waals surface area contributed by atoms with Crippen LogP contribution in [0.3, 0.4) is 0 Å². The van der Waals surface area contributed by atoms with E-state index in [1.54, 1.807) is 47.9 Å². The molecule has 7 heteroatoms. The van der Waals surface area contributed by atoms with Crippen LogP contribution in [0.25, 0.3) is 0 Å². The van der Waals surface area contributed by atoms with E-state index in [4.69, 9.17) is 21.3 Å². The van der Waals surface area contributed by atoms with Crippen LogP contribution in [0.4, 0.5) is 15.1 Å². The molecule has 1 aliphatic rings. The first kappa shape index (κ1) is 28.1. The van der Waals surface area contributed by atoms with Crippen LogP contribution in [0, 0.1) is 17.2 Å². The van der Waals surface area contributed by atoms with Crippen LogP contribution in [0.5, 0.6) is 5.75 Å². The van der Waals surface area contributed by atoms with Gasteiger partial charge in [0, 0.05) is 27.4 Å². The molecule has 0 spiro atoms. The highest BCUT2D eigenvalue weighted by atomic mass is 35.5. The molecule has 3 aromatic carbocycles. The molecule has 5 rings (SSSR count). The van der Waals surface area contributed by atoms with Crippen LogP contribution < -0.4 is 10.1 Å². The fourth-order valence-electron chi connectivity index (χ4n) is 4.97. The second kappa shape index (κ2) is 11.9. The summed E-state index contributed by atoms with van der Waals surface area (Å²) in [5, 5.41) is 4.29. The monoisotopic (exact) mass is 574 g/mol. The number of nitrogens with zero attached hydrogens (tertiary/aromatic N) is 1. The SMILES string of the molecule is CC(C)(C)[C@@H]1CCc2c(sc(N=Cc3cc(Cl)ccc3OCc3ccc(F)cc3)c2C(=O)Nc2ccccc2)C1. The Morgan fingerprint density at radius 2 is 1.88 bits per heavy atom. The maximum Gasteiger partial charge on any atom is 0.259 e. The molecule has 206 valence electrons. The van der Waals surface area contributed by atoms with Crippen LogP contribution in [0.2, 0.25) is 5.02 Å². The lowest BCUT2D eigenvalue weighted by atomic mass is 9.72. The number of carbonyl (C=O) groups is 1. The Kier molecular flexibility index (Phi) is 8.38. The molecule has 1 aliphatic carbocycles. The minimum Gasteiger partial charge on any atom is -0.488 e. The number of ether oxygens (including phenoxy) is 1. The predicted octanol–water partition coefficient (Wildman–Crippen LogP) is 9.27. The van der Waals surface area contributed by atoms with Crippen LogP contribution in [-0.2, 0) is 19.4 Å². The van der Waals surface area contributed by atoms with Crippen molar-refractivity contribution >= 4 is 45.7 Å². The van der Waals surface area contributed by atoms with Gasteiger partial charge in [-0.05, 0) is 84.2 Å². The van der Waals surface area contributed by atoms with E-state index in [1.807, 2.05) is 30.3 Å². The molecular weight excluding hydrogens is 543 g/mol. The second-order valence-corrected chi connectivity index (χ2v) is 12.7. The second-order valence-electron chi connectivity index (χ2n) is 11.2. The number of thiophene rings is 1. The van der Waals surface area contributed by atoms with Crippen molar-refractivity contribution < 1.29 is 13.9 Å². The van der Waals surface area contributed by atoms with Gasteiger partial charge >= 0.3 is 0 Å². The number of hydrogen-bond donors (Lipinski definition) is 1. The number of rotatable bonds is 7. The first-order valence-corrected chi connectivity index (χ1v) is 14.6. The van der Waals surface area contributed by atoms with E-state index in [1.165, 1.54) is 17.0 Å². The minimum absolute atomic E-state index is 0.149. The van der Waals surface area contributed by atoms with E-state index in [0.717, 1.165) is 36.1 Å². The lowest BCUT2D eigenvalue weighted by Crippen LogP contribution is -2.27. The van der Waals surface area contributed by atoms with Crippen molar-refractivity contribution in [3.05, 3.63) is 111 Å². The van der Waals surface area contributed by atoms with Crippen molar-refractivity contribution in [3.63, 3.8) is 0 Å². The number of nitrogens with one attached hydrogen (secondary N) is 1. The molecule has 1 aromatic heterocycles. The highest BCUT2D eigenvalue weighted by molar-refractivity contribution is 7.16. The molecule has 0 saturated carbocycles. The van der Waals surface area contributed by atoms with Gasteiger partial charge in [0.05, 0.1) is 5.56 Å². The molecule has 0 bridgehead atoms. The van der Waals surface area contributed by atoms with Crippen LogP contribution in [0.1, 0.15) is 59.1 Å².